The van der Waals surface area contributed by atoms with Gasteiger partial charge in [0.25, 0.3) is 0 Å². The SMILES string of the molecule is COc1cccc(NC(=O)C(C)(C)C)c1C. The van der Waals surface area contributed by atoms with Crippen LogP contribution in [0.1, 0.15) is 26.3 Å². The van der Waals surface area contributed by atoms with E-state index in [9.17, 15) is 4.79 Å². The lowest BCUT2D eigenvalue weighted by molar-refractivity contribution is -0.123. The molecule has 0 aliphatic rings. The van der Waals surface area contributed by atoms with E-state index in [1.54, 1.807) is 7.11 Å². The van der Waals surface area contributed by atoms with Crippen molar-refractivity contribution in [2.24, 2.45) is 5.41 Å². The fourth-order valence-corrected chi connectivity index (χ4v) is 1.28. The van der Waals surface area contributed by atoms with E-state index >= 15 is 0 Å². The van der Waals surface area contributed by atoms with Crippen molar-refractivity contribution < 1.29 is 9.53 Å². The van der Waals surface area contributed by atoms with Crippen LogP contribution in [0.2, 0.25) is 0 Å². The number of hydrogen-bond acceptors (Lipinski definition) is 2. The summed E-state index contributed by atoms with van der Waals surface area (Å²) < 4.78 is 5.20. The Morgan fingerprint density at radius 2 is 1.94 bits per heavy atom. The minimum Gasteiger partial charge on any atom is -0.496 e. The number of carbonyl (C=O) groups is 1. The Bertz CT molecular complexity index is 391. The second-order valence-corrected chi connectivity index (χ2v) is 4.84. The average Bonchev–Trinajstić information content (AvgIpc) is 2.19. The van der Waals surface area contributed by atoms with Gasteiger partial charge in [-0.2, -0.15) is 0 Å². The summed E-state index contributed by atoms with van der Waals surface area (Å²) in [4.78, 5) is 11.8. The predicted octanol–water partition coefficient (Wildman–Crippen LogP) is 2.99. The molecular formula is C13H19NO2. The highest BCUT2D eigenvalue weighted by Crippen LogP contribution is 2.26. The maximum atomic E-state index is 11.8. The molecule has 16 heavy (non-hydrogen) atoms. The highest BCUT2D eigenvalue weighted by atomic mass is 16.5. The monoisotopic (exact) mass is 221 g/mol. The van der Waals surface area contributed by atoms with Crippen LogP contribution in [0.25, 0.3) is 0 Å². The summed E-state index contributed by atoms with van der Waals surface area (Å²) in [5.74, 6) is 0.788. The normalized spacial score (nSPS) is 11.1. The summed E-state index contributed by atoms with van der Waals surface area (Å²) in [7, 11) is 1.62. The summed E-state index contributed by atoms with van der Waals surface area (Å²) in [5, 5.41) is 2.91. The molecule has 0 aliphatic carbocycles. The molecule has 1 rings (SSSR count). The molecule has 0 fully saturated rings. The molecule has 1 aromatic carbocycles. The van der Waals surface area contributed by atoms with Gasteiger partial charge >= 0.3 is 0 Å². The summed E-state index contributed by atoms with van der Waals surface area (Å²) in [6.45, 7) is 7.59. The molecule has 1 amide bonds. The van der Waals surface area contributed by atoms with Gasteiger partial charge in [-0.15, -0.1) is 0 Å². The van der Waals surface area contributed by atoms with Gasteiger partial charge in [-0.25, -0.2) is 0 Å². The molecule has 0 aromatic heterocycles. The van der Waals surface area contributed by atoms with Crippen LogP contribution in [-0.4, -0.2) is 13.0 Å². The van der Waals surface area contributed by atoms with Crippen LogP contribution < -0.4 is 10.1 Å². The summed E-state index contributed by atoms with van der Waals surface area (Å²) >= 11 is 0. The third-order valence-corrected chi connectivity index (χ3v) is 2.43. The van der Waals surface area contributed by atoms with Gasteiger partial charge in [-0.1, -0.05) is 26.8 Å². The molecule has 88 valence electrons. The summed E-state index contributed by atoms with van der Waals surface area (Å²) in [5.41, 5.74) is 1.36. The van der Waals surface area contributed by atoms with E-state index in [1.807, 2.05) is 45.9 Å². The molecule has 1 aromatic rings. The van der Waals surface area contributed by atoms with Crippen molar-refractivity contribution in [3.05, 3.63) is 23.8 Å². The van der Waals surface area contributed by atoms with Crippen LogP contribution in [-0.2, 0) is 4.79 Å². The highest BCUT2D eigenvalue weighted by Gasteiger charge is 2.21. The van der Waals surface area contributed by atoms with E-state index in [0.29, 0.717) is 0 Å². The van der Waals surface area contributed by atoms with Crippen molar-refractivity contribution in [1.82, 2.24) is 0 Å². The fraction of sp³-hybridized carbons (Fsp3) is 0.462. The van der Waals surface area contributed by atoms with Gasteiger partial charge in [0.05, 0.1) is 7.11 Å². The van der Waals surface area contributed by atoms with Gasteiger partial charge in [0.2, 0.25) is 5.91 Å². The summed E-state index contributed by atoms with van der Waals surface area (Å²) in [6.07, 6.45) is 0. The Balaban J connectivity index is 2.94. The number of benzene rings is 1. The largest absolute Gasteiger partial charge is 0.496 e. The Morgan fingerprint density at radius 1 is 1.31 bits per heavy atom. The molecule has 0 heterocycles. The van der Waals surface area contributed by atoms with Gasteiger partial charge < -0.3 is 10.1 Å². The lowest BCUT2D eigenvalue weighted by Crippen LogP contribution is -2.27. The number of methoxy groups -OCH3 is 1. The zero-order valence-electron chi connectivity index (χ0n) is 10.5. The molecule has 0 atom stereocenters. The number of amides is 1. The zero-order valence-corrected chi connectivity index (χ0v) is 10.5. The second-order valence-electron chi connectivity index (χ2n) is 4.84. The number of anilines is 1. The first kappa shape index (κ1) is 12.6. The van der Waals surface area contributed by atoms with E-state index in [4.69, 9.17) is 4.74 Å². The molecule has 0 bridgehead atoms. The van der Waals surface area contributed by atoms with Gasteiger partial charge in [-0.3, -0.25) is 4.79 Å². The van der Waals surface area contributed by atoms with E-state index in [2.05, 4.69) is 5.32 Å². The zero-order chi connectivity index (χ0) is 12.3. The van der Waals surface area contributed by atoms with Crippen LogP contribution >= 0.6 is 0 Å². The Kier molecular flexibility index (Phi) is 3.58. The molecule has 0 spiro atoms. The first-order chi connectivity index (χ1) is 7.36. The lowest BCUT2D eigenvalue weighted by Gasteiger charge is -2.19. The fourth-order valence-electron chi connectivity index (χ4n) is 1.28. The van der Waals surface area contributed by atoms with E-state index in [1.165, 1.54) is 0 Å². The maximum Gasteiger partial charge on any atom is 0.229 e. The number of nitrogens with one attached hydrogen (secondary N) is 1. The smallest absolute Gasteiger partial charge is 0.229 e. The van der Waals surface area contributed by atoms with Gasteiger partial charge in [-0.05, 0) is 19.1 Å². The van der Waals surface area contributed by atoms with Crippen LogP contribution in [0, 0.1) is 12.3 Å². The van der Waals surface area contributed by atoms with E-state index in [-0.39, 0.29) is 5.91 Å². The quantitative estimate of drug-likeness (QED) is 0.833. The van der Waals surface area contributed by atoms with Gasteiger partial charge in [0, 0.05) is 16.7 Å². The molecule has 3 nitrogen and oxygen atoms in total. The van der Waals surface area contributed by atoms with E-state index < -0.39 is 5.41 Å². The Morgan fingerprint density at radius 3 is 2.44 bits per heavy atom. The lowest BCUT2D eigenvalue weighted by atomic mass is 9.95. The van der Waals surface area contributed by atoms with Crippen molar-refractivity contribution in [2.75, 3.05) is 12.4 Å². The molecule has 0 saturated heterocycles. The van der Waals surface area contributed by atoms with Crippen molar-refractivity contribution in [2.45, 2.75) is 27.7 Å². The molecule has 3 heteroatoms. The minimum atomic E-state index is -0.393. The number of ether oxygens (including phenoxy) is 1. The molecule has 0 aliphatic heterocycles. The van der Waals surface area contributed by atoms with E-state index in [0.717, 1.165) is 17.0 Å². The molecule has 0 radical (unpaired) electrons. The second kappa shape index (κ2) is 4.56. The Hall–Kier alpha value is -1.51. The van der Waals surface area contributed by atoms with Gasteiger partial charge in [0.1, 0.15) is 5.75 Å². The first-order valence-electron chi connectivity index (χ1n) is 5.31. The Labute approximate surface area is 96.8 Å². The maximum absolute atomic E-state index is 11.8. The van der Waals surface area contributed by atoms with Crippen molar-refractivity contribution in [1.29, 1.82) is 0 Å². The van der Waals surface area contributed by atoms with Crippen molar-refractivity contribution in [3.8, 4) is 5.75 Å². The standard InChI is InChI=1S/C13H19NO2/c1-9-10(7-6-8-11(9)16-5)14-12(15)13(2,3)4/h6-8H,1-5H3,(H,14,15). The van der Waals surface area contributed by atoms with Crippen LogP contribution in [0.5, 0.6) is 5.75 Å². The average molecular weight is 221 g/mol. The van der Waals surface area contributed by atoms with Crippen LogP contribution in [0.4, 0.5) is 5.69 Å². The third kappa shape index (κ3) is 2.75. The predicted molar refractivity (Wildman–Crippen MR) is 65.8 cm³/mol. The molecule has 0 saturated carbocycles. The topological polar surface area (TPSA) is 38.3 Å². The number of rotatable bonds is 2. The van der Waals surface area contributed by atoms with Crippen molar-refractivity contribution >= 4 is 11.6 Å². The number of carbonyl (C=O) groups excluding carboxylic acids is 1. The highest BCUT2D eigenvalue weighted by molar-refractivity contribution is 5.95. The molecular weight excluding hydrogens is 202 g/mol. The molecule has 0 unspecified atom stereocenters. The van der Waals surface area contributed by atoms with Crippen LogP contribution in [0.3, 0.4) is 0 Å². The first-order valence-corrected chi connectivity index (χ1v) is 5.31. The van der Waals surface area contributed by atoms with Crippen molar-refractivity contribution in [3.63, 3.8) is 0 Å². The number of hydrogen-bond donors (Lipinski definition) is 1. The van der Waals surface area contributed by atoms with Gasteiger partial charge in [0.15, 0.2) is 0 Å². The minimum absolute atomic E-state index is 0.00357. The van der Waals surface area contributed by atoms with Crippen LogP contribution in [0.15, 0.2) is 18.2 Å². The summed E-state index contributed by atoms with van der Waals surface area (Å²) in [6, 6.07) is 5.62. The third-order valence-electron chi connectivity index (χ3n) is 2.43. The molecule has 1 N–H and O–H groups in total.